The predicted molar refractivity (Wildman–Crippen MR) is 135 cm³/mol. The predicted octanol–water partition coefficient (Wildman–Crippen LogP) is -2.54. The molecule has 0 fully saturated rings. The van der Waals surface area contributed by atoms with Gasteiger partial charge in [-0.2, -0.15) is 0 Å². The van der Waals surface area contributed by atoms with Crippen LogP contribution in [0.5, 0.6) is 0 Å². The zero-order chi connectivity index (χ0) is 27.8. The van der Waals surface area contributed by atoms with Crippen molar-refractivity contribution in [2.45, 2.75) is 89.6 Å². The summed E-state index contributed by atoms with van der Waals surface area (Å²) in [7, 11) is 0. The summed E-state index contributed by atoms with van der Waals surface area (Å²) in [6.07, 6.45) is 0.827. The van der Waals surface area contributed by atoms with Crippen LogP contribution >= 0.6 is 0 Å². The highest BCUT2D eigenvalue weighted by Gasteiger charge is 2.31. The molecule has 0 rings (SSSR count). The summed E-state index contributed by atoms with van der Waals surface area (Å²) in [6, 6.07) is -4.51. The minimum atomic E-state index is -1.24. The van der Waals surface area contributed by atoms with Crippen LogP contribution < -0.4 is 38.9 Å². The van der Waals surface area contributed by atoms with E-state index in [1.54, 1.807) is 0 Å². The lowest BCUT2D eigenvalue weighted by Gasteiger charge is -2.26. The van der Waals surface area contributed by atoms with Crippen molar-refractivity contribution in [1.29, 1.82) is 0 Å². The summed E-state index contributed by atoms with van der Waals surface area (Å²) in [4.78, 5) is 53.8. The van der Waals surface area contributed by atoms with E-state index in [0.29, 0.717) is 25.8 Å². The molecular formula is C22H44N8O6. The molecule has 208 valence electrons. The maximum atomic E-state index is 13.1. The van der Waals surface area contributed by atoms with Crippen molar-refractivity contribution in [3.8, 4) is 0 Å². The summed E-state index contributed by atoms with van der Waals surface area (Å²) in [6.45, 7) is 5.65. The third kappa shape index (κ3) is 13.8. The fraction of sp³-hybridized carbons (Fsp3) is 0.773. The van der Waals surface area contributed by atoms with Crippen molar-refractivity contribution in [3.63, 3.8) is 0 Å². The lowest BCUT2D eigenvalue weighted by molar-refractivity contribution is -0.142. The summed E-state index contributed by atoms with van der Waals surface area (Å²) in [5, 5.41) is 26.7. The normalized spacial score (nSPS) is 15.2. The van der Waals surface area contributed by atoms with Gasteiger partial charge in [-0.3, -0.25) is 19.4 Å². The monoisotopic (exact) mass is 516 g/mol. The van der Waals surface area contributed by atoms with Gasteiger partial charge in [-0.25, -0.2) is 4.79 Å². The molecule has 0 bridgehead atoms. The number of aliphatic hydroxyl groups excluding tert-OH is 1. The highest BCUT2D eigenvalue weighted by molar-refractivity contribution is 5.94. The minimum absolute atomic E-state index is 0.00921. The highest BCUT2D eigenvalue weighted by Crippen LogP contribution is 2.09. The zero-order valence-electron chi connectivity index (χ0n) is 21.4. The van der Waals surface area contributed by atoms with Crippen LogP contribution in [0.3, 0.4) is 0 Å². The number of aliphatic hydroxyl groups is 1. The molecule has 36 heavy (non-hydrogen) atoms. The maximum Gasteiger partial charge on any atom is 0.326 e. The Morgan fingerprint density at radius 2 is 1.36 bits per heavy atom. The number of aliphatic imine (C=N–C) groups is 1. The average molecular weight is 517 g/mol. The van der Waals surface area contributed by atoms with Crippen molar-refractivity contribution in [2.24, 2.45) is 33.8 Å². The molecule has 5 unspecified atom stereocenters. The molecule has 0 radical (unpaired) electrons. The Morgan fingerprint density at radius 1 is 0.833 bits per heavy atom. The molecule has 0 aliphatic rings. The number of carboxylic acid groups (broad SMARTS) is 1. The van der Waals surface area contributed by atoms with E-state index in [9.17, 15) is 29.4 Å². The van der Waals surface area contributed by atoms with Crippen LogP contribution in [0.1, 0.15) is 59.3 Å². The fourth-order valence-corrected chi connectivity index (χ4v) is 3.26. The number of amides is 3. The number of hydrogen-bond donors (Lipinski definition) is 9. The Hall–Kier alpha value is -2.97. The highest BCUT2D eigenvalue weighted by atomic mass is 16.4. The quantitative estimate of drug-likeness (QED) is 0.0523. The second-order valence-corrected chi connectivity index (χ2v) is 9.15. The summed E-state index contributed by atoms with van der Waals surface area (Å²) >= 11 is 0. The van der Waals surface area contributed by atoms with Crippen molar-refractivity contribution in [3.05, 3.63) is 0 Å². The number of guanidine groups is 1. The van der Waals surface area contributed by atoms with Gasteiger partial charge in [-0.05, 0) is 57.9 Å². The molecule has 0 aliphatic heterocycles. The smallest absolute Gasteiger partial charge is 0.326 e. The average Bonchev–Trinajstić information content (AvgIpc) is 2.78. The Balaban J connectivity index is 5.50. The molecule has 0 aromatic heterocycles. The second-order valence-electron chi connectivity index (χ2n) is 9.15. The Kier molecular flexibility index (Phi) is 16.0. The molecule has 0 aliphatic carbocycles. The van der Waals surface area contributed by atoms with Crippen LogP contribution in [-0.4, -0.2) is 83.2 Å². The number of unbranched alkanes of at least 4 members (excludes halogenated alkanes) is 1. The minimum Gasteiger partial charge on any atom is -0.480 e. The van der Waals surface area contributed by atoms with Gasteiger partial charge in [-0.15, -0.1) is 0 Å². The van der Waals surface area contributed by atoms with Crippen LogP contribution in [0.4, 0.5) is 0 Å². The van der Waals surface area contributed by atoms with E-state index >= 15 is 0 Å². The molecule has 0 spiro atoms. The van der Waals surface area contributed by atoms with Crippen LogP contribution in [0.15, 0.2) is 4.99 Å². The van der Waals surface area contributed by atoms with Gasteiger partial charge < -0.3 is 49.1 Å². The largest absolute Gasteiger partial charge is 0.480 e. The Morgan fingerprint density at radius 3 is 1.86 bits per heavy atom. The number of nitrogens with zero attached hydrogens (tertiary/aromatic N) is 1. The molecule has 0 saturated heterocycles. The van der Waals surface area contributed by atoms with Gasteiger partial charge in [-0.1, -0.05) is 13.8 Å². The molecule has 14 heteroatoms. The van der Waals surface area contributed by atoms with Crippen molar-refractivity contribution < 1.29 is 29.4 Å². The maximum absolute atomic E-state index is 13.1. The zero-order valence-corrected chi connectivity index (χ0v) is 21.4. The number of rotatable bonds is 18. The molecule has 5 atom stereocenters. The van der Waals surface area contributed by atoms with E-state index in [1.165, 1.54) is 6.92 Å². The van der Waals surface area contributed by atoms with E-state index in [1.807, 2.05) is 13.8 Å². The van der Waals surface area contributed by atoms with Gasteiger partial charge in [0.2, 0.25) is 17.7 Å². The van der Waals surface area contributed by atoms with Gasteiger partial charge in [0.25, 0.3) is 0 Å². The van der Waals surface area contributed by atoms with Crippen molar-refractivity contribution in [2.75, 3.05) is 13.1 Å². The summed E-state index contributed by atoms with van der Waals surface area (Å²) in [5.74, 6) is -3.35. The van der Waals surface area contributed by atoms with Crippen molar-refractivity contribution >= 4 is 29.7 Å². The topological polar surface area (TPSA) is 261 Å². The van der Waals surface area contributed by atoms with E-state index in [4.69, 9.17) is 22.9 Å². The molecule has 13 N–H and O–H groups in total. The number of carbonyl (C=O) groups is 4. The van der Waals surface area contributed by atoms with Gasteiger partial charge in [0.1, 0.15) is 24.2 Å². The molecule has 0 aromatic carbocycles. The van der Waals surface area contributed by atoms with Gasteiger partial charge in [0.15, 0.2) is 5.96 Å². The van der Waals surface area contributed by atoms with Gasteiger partial charge in [0.05, 0.1) is 6.10 Å². The molecule has 3 amide bonds. The van der Waals surface area contributed by atoms with Gasteiger partial charge in [0, 0.05) is 6.54 Å². The molecule has 0 aromatic rings. The summed E-state index contributed by atoms with van der Waals surface area (Å²) < 4.78 is 0. The lowest BCUT2D eigenvalue weighted by atomic mass is 10.0. The first kappa shape index (κ1) is 33.0. The Labute approximate surface area is 212 Å². The second kappa shape index (κ2) is 17.5. The van der Waals surface area contributed by atoms with E-state index in [-0.39, 0.29) is 37.7 Å². The first-order valence-corrected chi connectivity index (χ1v) is 12.1. The number of carbonyl (C=O) groups excluding carboxylic acids is 3. The van der Waals surface area contributed by atoms with E-state index < -0.39 is 54.0 Å². The standard InChI is InChI=1S/C22H44N8O6/c1-12(2)11-16(30-20(34)17(24)13(3)31)19(33)28-14(7-4-5-9-23)18(32)29-15(21(35)36)8-6-10-27-22(25)26/h12-17,31H,4-11,23-24H2,1-3H3,(H,28,33)(H,29,32)(H,30,34)(H,35,36)(H4,25,26,27). The molecular weight excluding hydrogens is 472 g/mol. The van der Waals surface area contributed by atoms with Crippen LogP contribution in [-0.2, 0) is 19.2 Å². The number of aliphatic carboxylic acids is 1. The van der Waals surface area contributed by atoms with Crippen LogP contribution in [0.25, 0.3) is 0 Å². The summed E-state index contributed by atoms with van der Waals surface area (Å²) in [5.41, 5.74) is 21.7. The van der Waals surface area contributed by atoms with Crippen molar-refractivity contribution in [1.82, 2.24) is 16.0 Å². The number of nitrogens with one attached hydrogen (secondary N) is 3. The molecule has 14 nitrogen and oxygen atoms in total. The van der Waals surface area contributed by atoms with Crippen LogP contribution in [0.2, 0.25) is 0 Å². The first-order chi connectivity index (χ1) is 16.8. The SMILES string of the molecule is CC(C)CC(NC(=O)C(N)C(C)O)C(=O)NC(CCCCN)C(=O)NC(CCCN=C(N)N)C(=O)O. The van der Waals surface area contributed by atoms with Crippen LogP contribution in [0, 0.1) is 5.92 Å². The number of hydrogen-bond acceptors (Lipinski definition) is 8. The number of carboxylic acids is 1. The lowest BCUT2D eigenvalue weighted by Crippen LogP contribution is -2.58. The third-order valence-corrected chi connectivity index (χ3v) is 5.30. The first-order valence-electron chi connectivity index (χ1n) is 12.1. The van der Waals surface area contributed by atoms with E-state index in [0.717, 1.165) is 0 Å². The molecule has 0 heterocycles. The number of nitrogens with two attached hydrogens (primary N) is 4. The Bertz CT molecular complexity index is 742. The fourth-order valence-electron chi connectivity index (χ4n) is 3.26. The van der Waals surface area contributed by atoms with Gasteiger partial charge >= 0.3 is 5.97 Å². The third-order valence-electron chi connectivity index (χ3n) is 5.30. The van der Waals surface area contributed by atoms with E-state index in [2.05, 4.69) is 20.9 Å². The molecule has 0 saturated carbocycles.